The minimum absolute atomic E-state index is 0.0139. The Kier molecular flexibility index (Phi) is 5.51. The van der Waals surface area contributed by atoms with Crippen LogP contribution in [-0.2, 0) is 9.59 Å². The van der Waals surface area contributed by atoms with Gasteiger partial charge < -0.3 is 15.4 Å². The van der Waals surface area contributed by atoms with E-state index in [0.29, 0.717) is 34.6 Å². The van der Waals surface area contributed by atoms with Crippen LogP contribution in [0.4, 0.5) is 9.52 Å². The van der Waals surface area contributed by atoms with E-state index in [1.165, 1.54) is 36.6 Å². The molecule has 1 aliphatic rings. The van der Waals surface area contributed by atoms with Crippen molar-refractivity contribution in [2.75, 3.05) is 19.0 Å². The number of ether oxygens (including phenoxy) is 1. The largest absolute Gasteiger partial charge is 0.496 e. The fraction of sp³-hybridized carbons (Fsp3) is 0.389. The van der Waals surface area contributed by atoms with Crippen molar-refractivity contribution in [3.63, 3.8) is 0 Å². The first-order valence-corrected chi connectivity index (χ1v) is 9.23. The van der Waals surface area contributed by atoms with Crippen LogP contribution < -0.4 is 15.4 Å². The van der Waals surface area contributed by atoms with E-state index in [0.717, 1.165) is 6.42 Å². The first-order chi connectivity index (χ1) is 12.5. The molecule has 3 rings (SSSR count). The van der Waals surface area contributed by atoms with Crippen molar-refractivity contribution in [1.82, 2.24) is 10.3 Å². The number of hydrogen-bond donors (Lipinski definition) is 2. The molecule has 2 atom stereocenters. The number of halogens is 1. The van der Waals surface area contributed by atoms with Crippen molar-refractivity contribution in [3.05, 3.63) is 29.4 Å². The van der Waals surface area contributed by atoms with Gasteiger partial charge in [0.05, 0.1) is 12.8 Å². The van der Waals surface area contributed by atoms with E-state index in [2.05, 4.69) is 15.6 Å². The average Bonchev–Trinajstić information content (AvgIpc) is 3.17. The number of thiazole rings is 1. The summed E-state index contributed by atoms with van der Waals surface area (Å²) < 4.78 is 18.7. The molecule has 0 spiro atoms. The second-order valence-electron chi connectivity index (χ2n) is 6.29. The molecule has 26 heavy (non-hydrogen) atoms. The van der Waals surface area contributed by atoms with E-state index >= 15 is 0 Å². The Morgan fingerprint density at radius 1 is 1.42 bits per heavy atom. The standard InChI is InChI=1S/C18H20FN3O3S/c1-10-7-12(10)17(24)20-6-5-16(23)22-18-21-14(9-26-18)13-8-11(19)3-4-15(13)25-2/h3-4,8-10,12H,5-7H2,1-2H3,(H,20,24)(H,21,22,23)/t10-,12+/m1/s1. The highest BCUT2D eigenvalue weighted by Crippen LogP contribution is 2.37. The van der Waals surface area contributed by atoms with E-state index < -0.39 is 0 Å². The highest BCUT2D eigenvalue weighted by molar-refractivity contribution is 7.14. The number of aromatic nitrogens is 1. The van der Waals surface area contributed by atoms with Gasteiger partial charge in [0, 0.05) is 29.8 Å². The lowest BCUT2D eigenvalue weighted by molar-refractivity contribution is -0.122. The number of benzene rings is 1. The molecule has 2 amide bonds. The topological polar surface area (TPSA) is 80.3 Å². The van der Waals surface area contributed by atoms with Crippen LogP contribution in [0.2, 0.25) is 0 Å². The summed E-state index contributed by atoms with van der Waals surface area (Å²) in [6, 6.07) is 4.19. The number of hydrogen-bond acceptors (Lipinski definition) is 5. The summed E-state index contributed by atoms with van der Waals surface area (Å²) in [5, 5.41) is 7.60. The third-order valence-corrected chi connectivity index (χ3v) is 5.04. The smallest absolute Gasteiger partial charge is 0.227 e. The highest BCUT2D eigenvalue weighted by Gasteiger charge is 2.38. The van der Waals surface area contributed by atoms with Gasteiger partial charge >= 0.3 is 0 Å². The number of nitrogens with one attached hydrogen (secondary N) is 2. The van der Waals surface area contributed by atoms with E-state index in [1.807, 2.05) is 6.92 Å². The maximum atomic E-state index is 13.5. The quantitative estimate of drug-likeness (QED) is 0.777. The molecule has 1 aromatic heterocycles. The third kappa shape index (κ3) is 4.37. The summed E-state index contributed by atoms with van der Waals surface area (Å²) in [4.78, 5) is 28.0. The Balaban J connectivity index is 1.54. The van der Waals surface area contributed by atoms with Gasteiger partial charge in [-0.15, -0.1) is 11.3 Å². The summed E-state index contributed by atoms with van der Waals surface area (Å²) in [6.07, 6.45) is 1.09. The number of carbonyl (C=O) groups is 2. The van der Waals surface area contributed by atoms with Crippen molar-refractivity contribution in [1.29, 1.82) is 0 Å². The van der Waals surface area contributed by atoms with Gasteiger partial charge in [-0.2, -0.15) is 0 Å². The lowest BCUT2D eigenvalue weighted by atomic mass is 10.1. The summed E-state index contributed by atoms with van der Waals surface area (Å²) >= 11 is 1.24. The molecule has 2 N–H and O–H groups in total. The molecule has 0 saturated heterocycles. The van der Waals surface area contributed by atoms with Gasteiger partial charge in [-0.05, 0) is 30.5 Å². The first kappa shape index (κ1) is 18.3. The summed E-state index contributed by atoms with van der Waals surface area (Å²) in [6.45, 7) is 2.33. The summed E-state index contributed by atoms with van der Waals surface area (Å²) in [5.74, 6) is 0.436. The number of amides is 2. The molecular weight excluding hydrogens is 357 g/mol. The highest BCUT2D eigenvalue weighted by atomic mass is 32.1. The molecule has 1 heterocycles. The molecule has 8 heteroatoms. The van der Waals surface area contributed by atoms with Crippen molar-refractivity contribution in [3.8, 4) is 17.0 Å². The zero-order valence-corrected chi connectivity index (χ0v) is 15.4. The van der Waals surface area contributed by atoms with Crippen molar-refractivity contribution < 1.29 is 18.7 Å². The fourth-order valence-electron chi connectivity index (χ4n) is 2.63. The fourth-order valence-corrected chi connectivity index (χ4v) is 3.36. The van der Waals surface area contributed by atoms with Gasteiger partial charge in [0.1, 0.15) is 11.6 Å². The molecule has 0 bridgehead atoms. The van der Waals surface area contributed by atoms with Crippen LogP contribution in [0.5, 0.6) is 5.75 Å². The van der Waals surface area contributed by atoms with Crippen LogP contribution in [0.1, 0.15) is 19.8 Å². The van der Waals surface area contributed by atoms with Gasteiger partial charge in [0.2, 0.25) is 11.8 Å². The normalized spacial score (nSPS) is 18.3. The van der Waals surface area contributed by atoms with Gasteiger partial charge in [-0.1, -0.05) is 6.92 Å². The zero-order valence-electron chi connectivity index (χ0n) is 14.5. The second-order valence-corrected chi connectivity index (χ2v) is 7.15. The first-order valence-electron chi connectivity index (χ1n) is 8.35. The Hall–Kier alpha value is -2.48. The number of rotatable bonds is 7. The van der Waals surface area contributed by atoms with Gasteiger partial charge in [0.25, 0.3) is 0 Å². The number of carbonyl (C=O) groups excluding carboxylic acids is 2. The van der Waals surface area contributed by atoms with Crippen molar-refractivity contribution in [2.24, 2.45) is 11.8 Å². The van der Waals surface area contributed by atoms with E-state index in [4.69, 9.17) is 4.74 Å². The Morgan fingerprint density at radius 2 is 2.19 bits per heavy atom. The number of anilines is 1. The molecule has 1 fully saturated rings. The molecule has 1 aromatic carbocycles. The predicted molar refractivity (Wildman–Crippen MR) is 97.6 cm³/mol. The molecule has 1 saturated carbocycles. The minimum Gasteiger partial charge on any atom is -0.496 e. The monoisotopic (exact) mass is 377 g/mol. The minimum atomic E-state index is -0.389. The summed E-state index contributed by atoms with van der Waals surface area (Å²) in [7, 11) is 1.50. The SMILES string of the molecule is COc1ccc(F)cc1-c1csc(NC(=O)CCNC(=O)[C@H]2C[C@H]2C)n1. The molecule has 2 aromatic rings. The maximum absolute atomic E-state index is 13.5. The van der Waals surface area contributed by atoms with Crippen molar-refractivity contribution >= 4 is 28.3 Å². The van der Waals surface area contributed by atoms with Crippen LogP contribution in [0.15, 0.2) is 23.6 Å². The Morgan fingerprint density at radius 3 is 2.88 bits per heavy atom. The maximum Gasteiger partial charge on any atom is 0.227 e. The lowest BCUT2D eigenvalue weighted by Crippen LogP contribution is -2.29. The number of nitrogens with zero attached hydrogens (tertiary/aromatic N) is 1. The van der Waals surface area contributed by atoms with Crippen LogP contribution in [0.25, 0.3) is 11.3 Å². The van der Waals surface area contributed by atoms with E-state index in [1.54, 1.807) is 5.38 Å². The molecule has 138 valence electrons. The Labute approximate surface area is 154 Å². The van der Waals surface area contributed by atoms with Crippen LogP contribution in [0, 0.1) is 17.7 Å². The van der Waals surface area contributed by atoms with Crippen LogP contribution in [0.3, 0.4) is 0 Å². The lowest BCUT2D eigenvalue weighted by Gasteiger charge is -2.06. The van der Waals surface area contributed by atoms with Gasteiger partial charge in [-0.25, -0.2) is 9.37 Å². The zero-order chi connectivity index (χ0) is 18.7. The third-order valence-electron chi connectivity index (χ3n) is 4.29. The molecule has 0 unspecified atom stereocenters. The molecule has 1 aliphatic carbocycles. The van der Waals surface area contributed by atoms with Crippen LogP contribution in [-0.4, -0.2) is 30.5 Å². The van der Waals surface area contributed by atoms with E-state index in [-0.39, 0.29) is 30.0 Å². The second kappa shape index (κ2) is 7.82. The molecule has 0 aliphatic heterocycles. The summed E-state index contributed by atoms with van der Waals surface area (Å²) in [5.41, 5.74) is 1.05. The van der Waals surface area contributed by atoms with E-state index in [9.17, 15) is 14.0 Å². The van der Waals surface area contributed by atoms with Gasteiger partial charge in [-0.3, -0.25) is 9.59 Å². The van der Waals surface area contributed by atoms with Crippen LogP contribution >= 0.6 is 11.3 Å². The average molecular weight is 377 g/mol. The predicted octanol–water partition coefficient (Wildman–Crippen LogP) is 3.06. The number of methoxy groups -OCH3 is 1. The molecule has 6 nitrogen and oxygen atoms in total. The van der Waals surface area contributed by atoms with Gasteiger partial charge in [0.15, 0.2) is 5.13 Å². The van der Waals surface area contributed by atoms with Crippen molar-refractivity contribution in [2.45, 2.75) is 19.8 Å². The molecular formula is C18H20FN3O3S. The Bertz CT molecular complexity index is 824. The molecule has 0 radical (unpaired) electrons.